The van der Waals surface area contributed by atoms with E-state index in [1.165, 1.54) is 0 Å². The van der Waals surface area contributed by atoms with Crippen molar-refractivity contribution in [2.75, 3.05) is 18.8 Å². The summed E-state index contributed by atoms with van der Waals surface area (Å²) in [6.45, 7) is 3.77. The number of hydrogen-bond acceptors (Lipinski definition) is 4. The molecule has 2 aliphatic rings. The monoisotopic (exact) mass is 295 g/mol. The van der Waals surface area contributed by atoms with E-state index < -0.39 is 10.0 Å². The quantitative estimate of drug-likeness (QED) is 0.885. The van der Waals surface area contributed by atoms with Crippen LogP contribution in [0.1, 0.15) is 18.9 Å². The number of rotatable bonds is 4. The highest BCUT2D eigenvalue weighted by Crippen LogP contribution is 2.34. The Kier molecular flexibility index (Phi) is 3.79. The molecule has 3 unspecified atom stereocenters. The second-order valence-corrected chi connectivity index (χ2v) is 7.82. The third-order valence-corrected chi connectivity index (χ3v) is 6.42. The lowest BCUT2D eigenvalue weighted by atomic mass is 10.0. The van der Waals surface area contributed by atoms with E-state index >= 15 is 0 Å². The van der Waals surface area contributed by atoms with Crippen LogP contribution in [0.5, 0.6) is 0 Å². The Balaban J connectivity index is 1.71. The average molecular weight is 295 g/mol. The zero-order valence-electron chi connectivity index (χ0n) is 11.7. The third-order valence-electron chi connectivity index (χ3n) is 4.43. The fourth-order valence-corrected chi connectivity index (χ4v) is 5.51. The minimum Gasteiger partial charge on any atom is -0.315 e. The zero-order chi connectivity index (χ0) is 14.2. The fraction of sp³-hybridized carbons (Fsp3) is 0.643. The van der Waals surface area contributed by atoms with Crippen LogP contribution in [-0.2, 0) is 16.4 Å². The molecule has 0 amide bonds. The Morgan fingerprint density at radius 3 is 2.85 bits per heavy atom. The van der Waals surface area contributed by atoms with Gasteiger partial charge in [-0.1, -0.05) is 0 Å². The Morgan fingerprint density at radius 1 is 1.35 bits per heavy atom. The van der Waals surface area contributed by atoms with Gasteiger partial charge < -0.3 is 5.32 Å². The molecule has 1 aromatic heterocycles. The van der Waals surface area contributed by atoms with Gasteiger partial charge in [0.2, 0.25) is 10.0 Å². The Hall–Kier alpha value is -0.980. The fourth-order valence-electron chi connectivity index (χ4n) is 3.51. The van der Waals surface area contributed by atoms with Crippen LogP contribution in [0.15, 0.2) is 24.5 Å². The second-order valence-electron chi connectivity index (χ2n) is 5.82. The highest BCUT2D eigenvalue weighted by molar-refractivity contribution is 7.89. The summed E-state index contributed by atoms with van der Waals surface area (Å²) >= 11 is 0. The van der Waals surface area contributed by atoms with Gasteiger partial charge in [-0.3, -0.25) is 4.98 Å². The van der Waals surface area contributed by atoms with E-state index in [9.17, 15) is 8.42 Å². The van der Waals surface area contributed by atoms with E-state index in [1.807, 2.05) is 19.1 Å². The molecular weight excluding hydrogens is 274 g/mol. The summed E-state index contributed by atoms with van der Waals surface area (Å²) in [4.78, 5) is 3.95. The summed E-state index contributed by atoms with van der Waals surface area (Å²) in [5.41, 5.74) is 1.02. The van der Waals surface area contributed by atoms with Crippen molar-refractivity contribution in [2.24, 2.45) is 5.92 Å². The van der Waals surface area contributed by atoms with E-state index in [1.54, 1.807) is 16.7 Å². The molecule has 3 rings (SSSR count). The molecule has 0 aromatic carbocycles. The molecule has 0 saturated carbocycles. The van der Waals surface area contributed by atoms with Gasteiger partial charge in [0, 0.05) is 31.0 Å². The maximum absolute atomic E-state index is 12.6. The molecular formula is C14H21N3O2S. The smallest absolute Gasteiger partial charge is 0.214 e. The number of pyridine rings is 1. The molecule has 20 heavy (non-hydrogen) atoms. The van der Waals surface area contributed by atoms with Crippen LogP contribution >= 0.6 is 0 Å². The molecule has 0 aliphatic carbocycles. The van der Waals surface area contributed by atoms with Crippen molar-refractivity contribution < 1.29 is 8.42 Å². The van der Waals surface area contributed by atoms with Gasteiger partial charge in [-0.05, 0) is 49.9 Å². The summed E-state index contributed by atoms with van der Waals surface area (Å²) in [6, 6.07) is 4.05. The normalized spacial score (nSPS) is 30.6. The number of sulfonamides is 1. The number of hydrogen-bond donors (Lipinski definition) is 1. The third kappa shape index (κ3) is 2.60. The molecule has 2 fully saturated rings. The van der Waals surface area contributed by atoms with E-state index in [0.717, 1.165) is 25.1 Å². The van der Waals surface area contributed by atoms with Gasteiger partial charge in [0.1, 0.15) is 0 Å². The molecule has 110 valence electrons. The molecule has 1 N–H and O–H groups in total. The van der Waals surface area contributed by atoms with Crippen molar-refractivity contribution in [1.29, 1.82) is 0 Å². The van der Waals surface area contributed by atoms with Crippen LogP contribution in [0.4, 0.5) is 0 Å². The van der Waals surface area contributed by atoms with Crippen LogP contribution in [0, 0.1) is 5.92 Å². The number of fused-ring (bicyclic) bond motifs is 1. The predicted molar refractivity (Wildman–Crippen MR) is 77.8 cm³/mol. The Morgan fingerprint density at radius 2 is 2.10 bits per heavy atom. The molecule has 6 heteroatoms. The lowest BCUT2D eigenvalue weighted by molar-refractivity contribution is 0.336. The summed E-state index contributed by atoms with van der Waals surface area (Å²) in [6.07, 6.45) is 4.94. The average Bonchev–Trinajstić information content (AvgIpc) is 2.97. The summed E-state index contributed by atoms with van der Waals surface area (Å²) < 4.78 is 27.0. The lowest BCUT2D eigenvalue weighted by Gasteiger charge is -2.26. The summed E-state index contributed by atoms with van der Waals surface area (Å²) in [5, 5.41) is 3.31. The molecule has 3 heterocycles. The minimum atomic E-state index is -3.19. The van der Waals surface area contributed by atoms with Crippen LogP contribution in [0.3, 0.4) is 0 Å². The molecule has 2 aliphatic heterocycles. The molecule has 3 atom stereocenters. The van der Waals surface area contributed by atoms with Gasteiger partial charge >= 0.3 is 0 Å². The van der Waals surface area contributed by atoms with E-state index in [0.29, 0.717) is 12.3 Å². The van der Waals surface area contributed by atoms with Crippen molar-refractivity contribution in [3.63, 3.8) is 0 Å². The van der Waals surface area contributed by atoms with Crippen molar-refractivity contribution >= 4 is 10.0 Å². The maximum Gasteiger partial charge on any atom is 0.214 e. The molecule has 0 spiro atoms. The van der Waals surface area contributed by atoms with Crippen molar-refractivity contribution in [3.05, 3.63) is 30.1 Å². The van der Waals surface area contributed by atoms with Crippen LogP contribution in [0.2, 0.25) is 0 Å². The number of aromatic nitrogens is 1. The van der Waals surface area contributed by atoms with E-state index in [4.69, 9.17) is 0 Å². The van der Waals surface area contributed by atoms with Crippen LogP contribution in [-0.4, -0.2) is 48.6 Å². The first-order valence-corrected chi connectivity index (χ1v) is 8.79. The highest BCUT2D eigenvalue weighted by atomic mass is 32.2. The SMILES string of the molecule is CC1CC2CNCC2N1S(=O)(=O)CCc1ccncc1. The van der Waals surface area contributed by atoms with E-state index in [2.05, 4.69) is 10.3 Å². The molecule has 1 aromatic rings. The number of aryl methyl sites for hydroxylation is 1. The molecule has 0 bridgehead atoms. The van der Waals surface area contributed by atoms with Crippen molar-refractivity contribution in [3.8, 4) is 0 Å². The van der Waals surface area contributed by atoms with Gasteiger partial charge in [0.15, 0.2) is 0 Å². The number of nitrogens with one attached hydrogen (secondary N) is 1. The first kappa shape index (κ1) is 14.0. The zero-order valence-corrected chi connectivity index (χ0v) is 12.5. The maximum atomic E-state index is 12.6. The first-order valence-electron chi connectivity index (χ1n) is 7.19. The summed E-state index contributed by atoms with van der Waals surface area (Å²) in [7, 11) is -3.19. The Bertz CT molecular complexity index is 561. The molecule has 2 saturated heterocycles. The van der Waals surface area contributed by atoms with E-state index in [-0.39, 0.29) is 17.8 Å². The van der Waals surface area contributed by atoms with Crippen LogP contribution in [0.25, 0.3) is 0 Å². The topological polar surface area (TPSA) is 62.3 Å². The standard InChI is InChI=1S/C14H21N3O2S/c1-11-8-13-9-16-10-14(13)17(11)20(18,19)7-4-12-2-5-15-6-3-12/h2-3,5-6,11,13-14,16H,4,7-10H2,1H3. The second kappa shape index (κ2) is 5.42. The Labute approximate surface area is 120 Å². The van der Waals surface area contributed by atoms with Crippen LogP contribution < -0.4 is 5.32 Å². The first-order chi connectivity index (χ1) is 9.58. The molecule has 5 nitrogen and oxygen atoms in total. The van der Waals surface area contributed by atoms with Gasteiger partial charge in [-0.15, -0.1) is 0 Å². The van der Waals surface area contributed by atoms with Gasteiger partial charge in [-0.2, -0.15) is 4.31 Å². The summed E-state index contributed by atoms with van der Waals surface area (Å²) in [5.74, 6) is 0.672. The number of nitrogens with zero attached hydrogens (tertiary/aromatic N) is 2. The van der Waals surface area contributed by atoms with Gasteiger partial charge in [0.05, 0.1) is 5.75 Å². The largest absolute Gasteiger partial charge is 0.315 e. The minimum absolute atomic E-state index is 0.134. The van der Waals surface area contributed by atoms with Crippen molar-refractivity contribution in [1.82, 2.24) is 14.6 Å². The predicted octanol–water partition coefficient (Wildman–Crippen LogP) is 0.636. The van der Waals surface area contributed by atoms with Crippen molar-refractivity contribution in [2.45, 2.75) is 31.8 Å². The lowest BCUT2D eigenvalue weighted by Crippen LogP contribution is -2.44. The molecule has 0 radical (unpaired) electrons. The highest BCUT2D eigenvalue weighted by Gasteiger charge is 2.46. The van der Waals surface area contributed by atoms with Gasteiger partial charge in [-0.25, -0.2) is 8.42 Å². The van der Waals surface area contributed by atoms with Gasteiger partial charge in [0.25, 0.3) is 0 Å².